The molecule has 0 saturated heterocycles. The largest absolute Gasteiger partial charge is 0.379 e. The summed E-state index contributed by atoms with van der Waals surface area (Å²) in [6.45, 7) is 2.84. The highest BCUT2D eigenvalue weighted by Gasteiger charge is 2.02. The molecular formula is C17H16N2. The molecule has 0 aliphatic rings. The van der Waals surface area contributed by atoms with Crippen LogP contribution in [0.4, 0.5) is 5.69 Å². The molecule has 0 unspecified atom stereocenters. The molecule has 2 nitrogen and oxygen atoms in total. The number of rotatable bonds is 3. The molecule has 3 aromatic rings. The number of para-hydroxylation sites is 1. The van der Waals surface area contributed by atoms with E-state index in [4.69, 9.17) is 0 Å². The highest BCUT2D eigenvalue weighted by molar-refractivity contribution is 5.90. The van der Waals surface area contributed by atoms with E-state index in [1.54, 1.807) is 0 Å². The van der Waals surface area contributed by atoms with Gasteiger partial charge in [-0.2, -0.15) is 0 Å². The number of fused-ring (bicyclic) bond motifs is 1. The zero-order valence-electron chi connectivity index (χ0n) is 10.9. The molecule has 1 N–H and O–H groups in total. The predicted molar refractivity (Wildman–Crippen MR) is 80.2 cm³/mol. The number of aryl methyl sites for hydroxylation is 1. The van der Waals surface area contributed by atoms with Crippen LogP contribution < -0.4 is 5.32 Å². The molecule has 2 aromatic carbocycles. The van der Waals surface area contributed by atoms with Gasteiger partial charge in [0, 0.05) is 17.6 Å². The Morgan fingerprint density at radius 2 is 1.74 bits per heavy atom. The molecule has 1 aromatic heterocycles. The maximum Gasteiger partial charge on any atom is 0.0936 e. The first-order chi connectivity index (χ1) is 9.33. The number of aromatic nitrogens is 1. The van der Waals surface area contributed by atoms with Gasteiger partial charge >= 0.3 is 0 Å². The van der Waals surface area contributed by atoms with Gasteiger partial charge in [-0.05, 0) is 24.6 Å². The minimum Gasteiger partial charge on any atom is -0.379 e. The Hall–Kier alpha value is -2.35. The number of nitrogens with zero attached hydrogens (tertiary/aromatic N) is 1. The second-order valence-electron chi connectivity index (χ2n) is 4.67. The summed E-state index contributed by atoms with van der Waals surface area (Å²) >= 11 is 0. The van der Waals surface area contributed by atoms with Gasteiger partial charge in [-0.1, -0.05) is 48.5 Å². The predicted octanol–water partition coefficient (Wildman–Crippen LogP) is 4.16. The van der Waals surface area contributed by atoms with Gasteiger partial charge in [0.05, 0.1) is 11.2 Å². The van der Waals surface area contributed by atoms with Gasteiger partial charge in [0.2, 0.25) is 0 Å². The van der Waals surface area contributed by atoms with E-state index in [0.29, 0.717) is 0 Å². The minimum absolute atomic E-state index is 0.815. The summed E-state index contributed by atoms with van der Waals surface area (Å²) in [5.74, 6) is 0. The highest BCUT2D eigenvalue weighted by Crippen LogP contribution is 2.22. The molecule has 0 spiro atoms. The molecule has 0 aliphatic carbocycles. The van der Waals surface area contributed by atoms with Gasteiger partial charge in [-0.15, -0.1) is 0 Å². The Morgan fingerprint density at radius 1 is 0.895 bits per heavy atom. The number of pyridine rings is 1. The van der Waals surface area contributed by atoms with E-state index in [-0.39, 0.29) is 0 Å². The van der Waals surface area contributed by atoms with E-state index in [1.807, 2.05) is 19.1 Å². The van der Waals surface area contributed by atoms with Crippen LogP contribution in [0.5, 0.6) is 0 Å². The SMILES string of the molecule is Cc1ccc2cccc(NCc3ccccc3)c2n1. The third-order valence-electron chi connectivity index (χ3n) is 3.19. The third-order valence-corrected chi connectivity index (χ3v) is 3.19. The molecule has 0 fully saturated rings. The Balaban J connectivity index is 1.90. The van der Waals surface area contributed by atoms with Crippen LogP contribution in [-0.4, -0.2) is 4.98 Å². The molecule has 0 aliphatic heterocycles. The van der Waals surface area contributed by atoms with E-state index in [1.165, 1.54) is 10.9 Å². The fourth-order valence-electron chi connectivity index (χ4n) is 2.18. The summed E-state index contributed by atoms with van der Waals surface area (Å²) in [6, 6.07) is 20.8. The standard InChI is InChI=1S/C17H16N2/c1-13-10-11-15-8-5-9-16(17(15)19-13)18-12-14-6-3-2-4-7-14/h2-11,18H,12H2,1H3. The Labute approximate surface area is 113 Å². The summed E-state index contributed by atoms with van der Waals surface area (Å²) in [5.41, 5.74) is 4.44. The van der Waals surface area contributed by atoms with Crippen LogP contribution >= 0.6 is 0 Å². The first kappa shape index (κ1) is 11.7. The van der Waals surface area contributed by atoms with Crippen LogP contribution in [0.3, 0.4) is 0 Å². The Kier molecular flexibility index (Phi) is 3.15. The molecule has 3 rings (SSSR count). The van der Waals surface area contributed by atoms with E-state index in [0.717, 1.165) is 23.4 Å². The lowest BCUT2D eigenvalue weighted by atomic mass is 10.1. The topological polar surface area (TPSA) is 24.9 Å². The van der Waals surface area contributed by atoms with Crippen molar-refractivity contribution in [2.45, 2.75) is 13.5 Å². The van der Waals surface area contributed by atoms with Gasteiger partial charge < -0.3 is 5.32 Å². The summed E-state index contributed by atoms with van der Waals surface area (Å²) in [5, 5.41) is 4.64. The van der Waals surface area contributed by atoms with Crippen LogP contribution in [0.1, 0.15) is 11.3 Å². The van der Waals surface area contributed by atoms with Crippen LogP contribution in [0.2, 0.25) is 0 Å². The smallest absolute Gasteiger partial charge is 0.0936 e. The van der Waals surface area contributed by atoms with Crippen molar-refractivity contribution in [1.82, 2.24) is 4.98 Å². The van der Waals surface area contributed by atoms with Crippen molar-refractivity contribution in [1.29, 1.82) is 0 Å². The van der Waals surface area contributed by atoms with Crippen molar-refractivity contribution < 1.29 is 0 Å². The van der Waals surface area contributed by atoms with Crippen LogP contribution in [-0.2, 0) is 6.54 Å². The molecule has 0 atom stereocenters. The van der Waals surface area contributed by atoms with Gasteiger partial charge in [0.15, 0.2) is 0 Å². The van der Waals surface area contributed by atoms with Gasteiger partial charge in [-0.25, -0.2) is 0 Å². The van der Waals surface area contributed by atoms with Gasteiger partial charge in [-0.3, -0.25) is 4.98 Å². The zero-order valence-corrected chi connectivity index (χ0v) is 10.9. The summed E-state index contributed by atoms with van der Waals surface area (Å²) in [6.07, 6.45) is 0. The van der Waals surface area contributed by atoms with Gasteiger partial charge in [0.1, 0.15) is 0 Å². The van der Waals surface area contributed by atoms with Crippen molar-refractivity contribution in [2.24, 2.45) is 0 Å². The molecule has 0 saturated carbocycles. The number of hydrogen-bond donors (Lipinski definition) is 1. The Bertz CT molecular complexity index is 690. The van der Waals surface area contributed by atoms with E-state index in [9.17, 15) is 0 Å². The summed E-state index contributed by atoms with van der Waals surface area (Å²) in [7, 11) is 0. The van der Waals surface area contributed by atoms with Crippen molar-refractivity contribution >= 4 is 16.6 Å². The van der Waals surface area contributed by atoms with Crippen LogP contribution in [0.25, 0.3) is 10.9 Å². The molecule has 19 heavy (non-hydrogen) atoms. The number of anilines is 1. The minimum atomic E-state index is 0.815. The van der Waals surface area contributed by atoms with E-state index < -0.39 is 0 Å². The normalized spacial score (nSPS) is 10.6. The summed E-state index contributed by atoms with van der Waals surface area (Å²) < 4.78 is 0. The fourth-order valence-corrected chi connectivity index (χ4v) is 2.18. The zero-order chi connectivity index (χ0) is 13.1. The number of nitrogens with one attached hydrogen (secondary N) is 1. The number of benzene rings is 2. The summed E-state index contributed by atoms with van der Waals surface area (Å²) in [4.78, 5) is 4.63. The van der Waals surface area contributed by atoms with E-state index in [2.05, 4.69) is 58.8 Å². The van der Waals surface area contributed by atoms with Gasteiger partial charge in [0.25, 0.3) is 0 Å². The average Bonchev–Trinajstić information content (AvgIpc) is 2.46. The maximum absolute atomic E-state index is 4.63. The van der Waals surface area contributed by atoms with E-state index >= 15 is 0 Å². The first-order valence-electron chi connectivity index (χ1n) is 6.47. The van der Waals surface area contributed by atoms with Crippen LogP contribution in [0.15, 0.2) is 60.7 Å². The molecule has 0 radical (unpaired) electrons. The maximum atomic E-state index is 4.63. The van der Waals surface area contributed by atoms with Crippen molar-refractivity contribution in [3.05, 3.63) is 71.9 Å². The monoisotopic (exact) mass is 248 g/mol. The molecule has 94 valence electrons. The molecular weight excluding hydrogens is 232 g/mol. The molecule has 1 heterocycles. The molecule has 0 bridgehead atoms. The fraction of sp³-hybridized carbons (Fsp3) is 0.118. The lowest BCUT2D eigenvalue weighted by Crippen LogP contribution is -2.00. The molecule has 2 heteroatoms. The van der Waals surface area contributed by atoms with Crippen molar-refractivity contribution in [3.63, 3.8) is 0 Å². The second-order valence-corrected chi connectivity index (χ2v) is 4.67. The van der Waals surface area contributed by atoms with Crippen molar-refractivity contribution in [3.8, 4) is 0 Å². The lowest BCUT2D eigenvalue weighted by molar-refractivity contribution is 1.15. The third kappa shape index (κ3) is 2.58. The highest BCUT2D eigenvalue weighted by atomic mass is 14.9. The average molecular weight is 248 g/mol. The van der Waals surface area contributed by atoms with Crippen LogP contribution in [0, 0.1) is 6.92 Å². The first-order valence-corrected chi connectivity index (χ1v) is 6.47. The van der Waals surface area contributed by atoms with Crippen molar-refractivity contribution in [2.75, 3.05) is 5.32 Å². The second kappa shape index (κ2) is 5.11. The quantitative estimate of drug-likeness (QED) is 0.753. The lowest BCUT2D eigenvalue weighted by Gasteiger charge is -2.09. The Morgan fingerprint density at radius 3 is 2.58 bits per heavy atom. The molecule has 0 amide bonds. The number of hydrogen-bond acceptors (Lipinski definition) is 2.